The highest BCUT2D eigenvalue weighted by Crippen LogP contribution is 2.32. The smallest absolute Gasteiger partial charge is 0.299 e. The van der Waals surface area contributed by atoms with Crippen molar-refractivity contribution in [3.05, 3.63) is 68.3 Å². The zero-order chi connectivity index (χ0) is 17.7. The fraction of sp³-hybridized carbons (Fsp3) is 0.133. The Labute approximate surface area is 136 Å². The van der Waals surface area contributed by atoms with Gasteiger partial charge in [-0.3, -0.25) is 25.0 Å². The largest absolute Gasteiger partial charge is 0.352 e. The van der Waals surface area contributed by atoms with E-state index in [1.165, 1.54) is 6.07 Å². The van der Waals surface area contributed by atoms with E-state index in [4.69, 9.17) is 0 Å². The first-order valence-electron chi connectivity index (χ1n) is 7.01. The van der Waals surface area contributed by atoms with E-state index in [1.807, 2.05) is 0 Å². The van der Waals surface area contributed by atoms with E-state index in [-0.39, 0.29) is 17.3 Å². The molecule has 2 rings (SSSR count). The molecule has 0 radical (unpaired) electrons. The number of carbonyl (C=O) groups excluding carboxylic acids is 1. The van der Waals surface area contributed by atoms with Gasteiger partial charge in [-0.2, -0.15) is 0 Å². The Morgan fingerprint density at radius 3 is 2.38 bits per heavy atom. The predicted octanol–water partition coefficient (Wildman–Crippen LogP) is 3.00. The molecule has 9 heteroatoms. The molecule has 124 valence electrons. The molecule has 0 fully saturated rings. The lowest BCUT2D eigenvalue weighted by Gasteiger charge is -2.12. The third kappa shape index (κ3) is 3.64. The number of benzene rings is 2. The molecule has 0 aliphatic rings. The zero-order valence-corrected chi connectivity index (χ0v) is 12.7. The van der Waals surface area contributed by atoms with Crippen molar-refractivity contribution >= 4 is 28.7 Å². The number of non-ortho nitro benzene ring substituents is 1. The predicted molar refractivity (Wildman–Crippen MR) is 87.5 cm³/mol. The lowest BCUT2D eigenvalue weighted by molar-refractivity contribution is -0.393. The van der Waals surface area contributed by atoms with Gasteiger partial charge in [0.15, 0.2) is 0 Å². The Bertz CT molecular complexity index is 806. The molecule has 24 heavy (non-hydrogen) atoms. The SMILES string of the molecule is CCNC(=O)c1ccccc1Nc1ccc([N+](=O)[O-])cc1[N+](=O)[O-]. The summed E-state index contributed by atoms with van der Waals surface area (Å²) in [4.78, 5) is 32.6. The van der Waals surface area contributed by atoms with E-state index in [2.05, 4.69) is 10.6 Å². The zero-order valence-electron chi connectivity index (χ0n) is 12.7. The number of para-hydroxylation sites is 1. The number of anilines is 2. The summed E-state index contributed by atoms with van der Waals surface area (Å²) >= 11 is 0. The van der Waals surface area contributed by atoms with E-state index >= 15 is 0 Å². The van der Waals surface area contributed by atoms with E-state index in [9.17, 15) is 25.0 Å². The maximum Gasteiger partial charge on any atom is 0.299 e. The minimum absolute atomic E-state index is 0.0577. The number of hydrogen-bond acceptors (Lipinski definition) is 6. The van der Waals surface area contributed by atoms with Crippen molar-refractivity contribution in [3.63, 3.8) is 0 Å². The molecule has 0 spiro atoms. The number of rotatable bonds is 6. The Hall–Kier alpha value is -3.49. The summed E-state index contributed by atoms with van der Waals surface area (Å²) in [5.74, 6) is -0.329. The first kappa shape index (κ1) is 16.9. The van der Waals surface area contributed by atoms with Crippen LogP contribution in [0.4, 0.5) is 22.7 Å². The van der Waals surface area contributed by atoms with Gasteiger partial charge in [0.2, 0.25) is 0 Å². The third-order valence-corrected chi connectivity index (χ3v) is 3.17. The van der Waals surface area contributed by atoms with Crippen LogP contribution in [0, 0.1) is 20.2 Å². The fourth-order valence-corrected chi connectivity index (χ4v) is 2.08. The lowest BCUT2D eigenvalue weighted by atomic mass is 10.1. The summed E-state index contributed by atoms with van der Waals surface area (Å²) in [5, 5.41) is 27.4. The minimum atomic E-state index is -0.718. The van der Waals surface area contributed by atoms with E-state index in [0.29, 0.717) is 17.8 Å². The normalized spacial score (nSPS) is 10.0. The molecule has 1 amide bonds. The molecule has 2 N–H and O–H groups in total. The monoisotopic (exact) mass is 330 g/mol. The molecule has 0 saturated carbocycles. The van der Waals surface area contributed by atoms with Crippen LogP contribution in [-0.2, 0) is 0 Å². The summed E-state index contributed by atoms with van der Waals surface area (Å²) < 4.78 is 0. The second-order valence-corrected chi connectivity index (χ2v) is 4.75. The van der Waals surface area contributed by atoms with Crippen molar-refractivity contribution in [3.8, 4) is 0 Å². The Balaban J connectivity index is 2.43. The highest BCUT2D eigenvalue weighted by molar-refractivity contribution is 6.00. The molecule has 0 bridgehead atoms. The van der Waals surface area contributed by atoms with Crippen molar-refractivity contribution in [1.29, 1.82) is 0 Å². The molecule has 2 aromatic carbocycles. The van der Waals surface area contributed by atoms with Crippen molar-refractivity contribution < 1.29 is 14.6 Å². The quantitative estimate of drug-likeness (QED) is 0.619. The average Bonchev–Trinajstić information content (AvgIpc) is 2.55. The summed E-state index contributed by atoms with van der Waals surface area (Å²) in [7, 11) is 0. The van der Waals surface area contributed by atoms with Crippen LogP contribution in [0.25, 0.3) is 0 Å². The van der Waals surface area contributed by atoms with Gasteiger partial charge < -0.3 is 10.6 Å². The second kappa shape index (κ2) is 7.18. The lowest BCUT2D eigenvalue weighted by Crippen LogP contribution is -2.23. The number of nitrogens with zero attached hydrogens (tertiary/aromatic N) is 2. The van der Waals surface area contributed by atoms with E-state index in [1.54, 1.807) is 31.2 Å². The summed E-state index contributed by atoms with van der Waals surface area (Å²) in [5.41, 5.74) is -0.103. The Morgan fingerprint density at radius 1 is 1.04 bits per heavy atom. The van der Waals surface area contributed by atoms with Gasteiger partial charge in [-0.15, -0.1) is 0 Å². The number of carbonyl (C=O) groups is 1. The number of nitro benzene ring substituents is 2. The van der Waals surface area contributed by atoms with E-state index in [0.717, 1.165) is 12.1 Å². The summed E-state index contributed by atoms with van der Waals surface area (Å²) in [6, 6.07) is 9.77. The van der Waals surface area contributed by atoms with Crippen LogP contribution in [0.2, 0.25) is 0 Å². The molecule has 0 unspecified atom stereocenters. The van der Waals surface area contributed by atoms with Crippen LogP contribution in [0.5, 0.6) is 0 Å². The highest BCUT2D eigenvalue weighted by atomic mass is 16.6. The molecule has 0 aliphatic carbocycles. The Morgan fingerprint density at radius 2 is 1.75 bits per heavy atom. The van der Waals surface area contributed by atoms with Crippen LogP contribution >= 0.6 is 0 Å². The van der Waals surface area contributed by atoms with Gasteiger partial charge in [-0.05, 0) is 25.1 Å². The van der Waals surface area contributed by atoms with Crippen LogP contribution in [0.3, 0.4) is 0 Å². The number of nitro groups is 2. The van der Waals surface area contributed by atoms with Gasteiger partial charge in [0, 0.05) is 12.6 Å². The molecule has 0 aromatic heterocycles. The van der Waals surface area contributed by atoms with Crippen LogP contribution < -0.4 is 10.6 Å². The van der Waals surface area contributed by atoms with Crippen molar-refractivity contribution in [2.75, 3.05) is 11.9 Å². The number of hydrogen-bond donors (Lipinski definition) is 2. The first-order valence-corrected chi connectivity index (χ1v) is 7.01. The van der Waals surface area contributed by atoms with Gasteiger partial charge in [-0.1, -0.05) is 12.1 Å². The first-order chi connectivity index (χ1) is 11.4. The van der Waals surface area contributed by atoms with Gasteiger partial charge in [0.05, 0.1) is 27.2 Å². The van der Waals surface area contributed by atoms with Crippen molar-refractivity contribution in [1.82, 2.24) is 5.32 Å². The molecule has 2 aromatic rings. The molecular formula is C15H14N4O5. The second-order valence-electron chi connectivity index (χ2n) is 4.75. The molecule has 0 aliphatic heterocycles. The van der Waals surface area contributed by atoms with Crippen molar-refractivity contribution in [2.24, 2.45) is 0 Å². The number of nitrogens with one attached hydrogen (secondary N) is 2. The fourth-order valence-electron chi connectivity index (χ4n) is 2.08. The molecule has 0 atom stereocenters. The maximum atomic E-state index is 12.0. The van der Waals surface area contributed by atoms with Gasteiger partial charge in [0.1, 0.15) is 5.69 Å². The minimum Gasteiger partial charge on any atom is -0.352 e. The topological polar surface area (TPSA) is 127 Å². The van der Waals surface area contributed by atoms with Gasteiger partial charge in [-0.25, -0.2) is 0 Å². The van der Waals surface area contributed by atoms with E-state index < -0.39 is 15.5 Å². The van der Waals surface area contributed by atoms with Crippen LogP contribution in [0.1, 0.15) is 17.3 Å². The Kier molecular flexibility index (Phi) is 5.05. The third-order valence-electron chi connectivity index (χ3n) is 3.17. The average molecular weight is 330 g/mol. The molecule has 9 nitrogen and oxygen atoms in total. The summed E-state index contributed by atoms with van der Waals surface area (Å²) in [6.07, 6.45) is 0. The van der Waals surface area contributed by atoms with Crippen molar-refractivity contribution in [2.45, 2.75) is 6.92 Å². The molecule has 0 heterocycles. The number of amides is 1. The molecular weight excluding hydrogens is 316 g/mol. The molecule has 0 saturated heterocycles. The van der Waals surface area contributed by atoms with Crippen LogP contribution in [0.15, 0.2) is 42.5 Å². The highest BCUT2D eigenvalue weighted by Gasteiger charge is 2.20. The standard InChI is InChI=1S/C15H14N4O5/c1-2-16-15(20)11-5-3-4-6-12(11)17-13-8-7-10(18(21)22)9-14(13)19(23)24/h3-9,17H,2H2,1H3,(H,16,20). The van der Waals surface area contributed by atoms with Gasteiger partial charge in [0.25, 0.3) is 17.3 Å². The maximum absolute atomic E-state index is 12.0. The summed E-state index contributed by atoms with van der Waals surface area (Å²) in [6.45, 7) is 2.21. The van der Waals surface area contributed by atoms with Gasteiger partial charge >= 0.3 is 0 Å². The van der Waals surface area contributed by atoms with Crippen LogP contribution in [-0.4, -0.2) is 22.3 Å².